The van der Waals surface area contributed by atoms with Crippen LogP contribution >= 0.6 is 0 Å². The molecule has 0 atom stereocenters. The number of nitrogens with one attached hydrogen (secondary N) is 1. The first-order valence-electron chi connectivity index (χ1n) is 9.19. The van der Waals surface area contributed by atoms with Crippen LogP contribution in [0.2, 0.25) is 0 Å². The number of carbonyl (C=O) groups is 2. The molecule has 3 N–H and O–H groups in total. The molecule has 2 aromatic carbocycles. The van der Waals surface area contributed by atoms with Crippen molar-refractivity contribution in [2.75, 3.05) is 16.8 Å². The highest BCUT2D eigenvalue weighted by atomic mass is 32.2. The SMILES string of the molecule is Cc1cc(S(N)(=O)=O)cc(NC(=O)/C=C/c2ccc(N3CCCC3=O)cc2)c1C. The molecule has 7 nitrogen and oxygen atoms in total. The molecule has 8 heteroatoms. The largest absolute Gasteiger partial charge is 0.322 e. The average molecular weight is 413 g/mol. The highest BCUT2D eigenvalue weighted by Crippen LogP contribution is 2.24. The smallest absolute Gasteiger partial charge is 0.248 e. The van der Waals surface area contributed by atoms with Gasteiger partial charge in [-0.3, -0.25) is 9.59 Å². The van der Waals surface area contributed by atoms with Gasteiger partial charge in [-0.25, -0.2) is 13.6 Å². The predicted molar refractivity (Wildman–Crippen MR) is 113 cm³/mol. The third-order valence-corrected chi connectivity index (χ3v) is 5.83. The molecule has 3 rings (SSSR count). The van der Waals surface area contributed by atoms with Gasteiger partial charge in [0.1, 0.15) is 0 Å². The molecular formula is C21H23N3O4S. The number of primary sulfonamides is 1. The number of benzene rings is 2. The van der Waals surface area contributed by atoms with Gasteiger partial charge in [0.05, 0.1) is 4.90 Å². The Morgan fingerprint density at radius 1 is 1.17 bits per heavy atom. The van der Waals surface area contributed by atoms with Crippen molar-refractivity contribution in [1.82, 2.24) is 0 Å². The van der Waals surface area contributed by atoms with Crippen LogP contribution in [0.25, 0.3) is 6.08 Å². The second-order valence-electron chi connectivity index (χ2n) is 7.02. The zero-order valence-corrected chi connectivity index (χ0v) is 17.1. The summed E-state index contributed by atoms with van der Waals surface area (Å²) >= 11 is 0. The van der Waals surface area contributed by atoms with Gasteiger partial charge in [0.15, 0.2) is 0 Å². The molecule has 0 aromatic heterocycles. The number of carbonyl (C=O) groups excluding carboxylic acids is 2. The number of hydrogen-bond donors (Lipinski definition) is 2. The molecule has 0 bridgehead atoms. The highest BCUT2D eigenvalue weighted by Gasteiger charge is 2.21. The van der Waals surface area contributed by atoms with Crippen molar-refractivity contribution in [3.05, 3.63) is 59.2 Å². The summed E-state index contributed by atoms with van der Waals surface area (Å²) < 4.78 is 23.2. The summed E-state index contributed by atoms with van der Waals surface area (Å²) in [6.45, 7) is 4.27. The van der Waals surface area contributed by atoms with E-state index in [0.29, 0.717) is 17.7 Å². The molecule has 0 radical (unpaired) electrons. The minimum absolute atomic E-state index is 0.0491. The van der Waals surface area contributed by atoms with Crippen molar-refractivity contribution in [3.63, 3.8) is 0 Å². The van der Waals surface area contributed by atoms with Crippen LogP contribution in [-0.2, 0) is 19.6 Å². The third-order valence-electron chi connectivity index (χ3n) is 4.93. The lowest BCUT2D eigenvalue weighted by Crippen LogP contribution is -2.23. The molecule has 1 aliphatic heterocycles. The molecule has 0 aliphatic carbocycles. The first-order chi connectivity index (χ1) is 13.6. The lowest BCUT2D eigenvalue weighted by atomic mass is 10.1. The van der Waals surface area contributed by atoms with Gasteiger partial charge in [-0.1, -0.05) is 12.1 Å². The molecule has 2 aromatic rings. The van der Waals surface area contributed by atoms with Crippen LogP contribution in [0.4, 0.5) is 11.4 Å². The van der Waals surface area contributed by atoms with Crippen LogP contribution in [-0.4, -0.2) is 26.8 Å². The maximum atomic E-state index is 12.3. The number of aryl methyl sites for hydroxylation is 1. The summed E-state index contributed by atoms with van der Waals surface area (Å²) in [6.07, 6.45) is 4.46. The Hall–Kier alpha value is -2.97. The zero-order valence-electron chi connectivity index (χ0n) is 16.3. The number of sulfonamides is 1. The van der Waals surface area contributed by atoms with Crippen molar-refractivity contribution < 1.29 is 18.0 Å². The van der Waals surface area contributed by atoms with Crippen LogP contribution in [0, 0.1) is 13.8 Å². The second kappa shape index (κ2) is 8.18. The van der Waals surface area contributed by atoms with Crippen LogP contribution < -0.4 is 15.4 Å². The van der Waals surface area contributed by atoms with E-state index in [4.69, 9.17) is 5.14 Å². The van der Waals surface area contributed by atoms with Gasteiger partial charge in [-0.2, -0.15) is 0 Å². The number of rotatable bonds is 5. The number of amides is 2. The summed E-state index contributed by atoms with van der Waals surface area (Å²) in [7, 11) is -3.87. The first-order valence-corrected chi connectivity index (χ1v) is 10.7. The van der Waals surface area contributed by atoms with E-state index in [9.17, 15) is 18.0 Å². The van der Waals surface area contributed by atoms with E-state index in [0.717, 1.165) is 29.8 Å². The Kier molecular flexibility index (Phi) is 5.86. The molecule has 1 aliphatic rings. The molecule has 152 valence electrons. The minimum atomic E-state index is -3.87. The van der Waals surface area contributed by atoms with Crippen LogP contribution in [0.1, 0.15) is 29.5 Å². The second-order valence-corrected chi connectivity index (χ2v) is 8.58. The van der Waals surface area contributed by atoms with E-state index in [-0.39, 0.29) is 10.8 Å². The van der Waals surface area contributed by atoms with E-state index in [1.54, 1.807) is 24.8 Å². The summed E-state index contributed by atoms with van der Waals surface area (Å²) in [4.78, 5) is 25.8. The van der Waals surface area contributed by atoms with Crippen molar-refractivity contribution in [2.45, 2.75) is 31.6 Å². The van der Waals surface area contributed by atoms with E-state index < -0.39 is 15.9 Å². The van der Waals surface area contributed by atoms with Gasteiger partial charge in [0.2, 0.25) is 21.8 Å². The van der Waals surface area contributed by atoms with E-state index in [2.05, 4.69) is 5.32 Å². The van der Waals surface area contributed by atoms with Gasteiger partial charge in [-0.15, -0.1) is 0 Å². The van der Waals surface area contributed by atoms with E-state index in [1.165, 1.54) is 18.2 Å². The maximum absolute atomic E-state index is 12.3. The first kappa shape index (κ1) is 20.8. The molecule has 0 unspecified atom stereocenters. The fraction of sp³-hybridized carbons (Fsp3) is 0.238. The van der Waals surface area contributed by atoms with Gasteiger partial charge in [-0.05, 0) is 67.3 Å². The van der Waals surface area contributed by atoms with E-state index in [1.807, 2.05) is 24.3 Å². The summed E-state index contributed by atoms with van der Waals surface area (Å²) in [5.74, 6) is -0.266. The molecule has 29 heavy (non-hydrogen) atoms. The predicted octanol–water partition coefficient (Wildman–Crippen LogP) is 2.73. The highest BCUT2D eigenvalue weighted by molar-refractivity contribution is 7.89. The Balaban J connectivity index is 1.72. The summed E-state index contributed by atoms with van der Waals surface area (Å²) in [5, 5.41) is 7.89. The van der Waals surface area contributed by atoms with Crippen LogP contribution in [0.15, 0.2) is 47.4 Å². The lowest BCUT2D eigenvalue weighted by Gasteiger charge is -2.15. The van der Waals surface area contributed by atoms with Gasteiger partial charge in [0.25, 0.3) is 0 Å². The topological polar surface area (TPSA) is 110 Å². The summed E-state index contributed by atoms with van der Waals surface area (Å²) in [6, 6.07) is 10.2. The van der Waals surface area contributed by atoms with Crippen molar-refractivity contribution in [2.24, 2.45) is 5.14 Å². The minimum Gasteiger partial charge on any atom is -0.322 e. The van der Waals surface area contributed by atoms with Crippen molar-refractivity contribution in [1.29, 1.82) is 0 Å². The van der Waals surface area contributed by atoms with E-state index >= 15 is 0 Å². The monoisotopic (exact) mass is 413 g/mol. The van der Waals surface area contributed by atoms with Crippen molar-refractivity contribution >= 4 is 39.3 Å². The van der Waals surface area contributed by atoms with Gasteiger partial charge < -0.3 is 10.2 Å². The van der Waals surface area contributed by atoms with Crippen molar-refractivity contribution in [3.8, 4) is 0 Å². The number of hydrogen-bond acceptors (Lipinski definition) is 4. The number of nitrogens with zero attached hydrogens (tertiary/aromatic N) is 1. The molecule has 0 saturated carbocycles. The molecular weight excluding hydrogens is 390 g/mol. The quantitative estimate of drug-likeness (QED) is 0.735. The lowest BCUT2D eigenvalue weighted by molar-refractivity contribution is -0.117. The molecule has 2 amide bonds. The Morgan fingerprint density at radius 3 is 2.45 bits per heavy atom. The number of nitrogens with two attached hydrogens (primary N) is 1. The average Bonchev–Trinajstić information content (AvgIpc) is 3.09. The number of anilines is 2. The Morgan fingerprint density at radius 2 is 1.86 bits per heavy atom. The fourth-order valence-electron chi connectivity index (χ4n) is 3.15. The molecule has 1 fully saturated rings. The van der Waals surface area contributed by atoms with Crippen LogP contribution in [0.5, 0.6) is 0 Å². The van der Waals surface area contributed by atoms with Gasteiger partial charge in [0, 0.05) is 30.4 Å². The molecule has 1 heterocycles. The van der Waals surface area contributed by atoms with Crippen LogP contribution in [0.3, 0.4) is 0 Å². The van der Waals surface area contributed by atoms with Gasteiger partial charge >= 0.3 is 0 Å². The molecule has 1 saturated heterocycles. The standard InChI is InChI=1S/C21H23N3O4S/c1-14-12-18(29(22,27)28)13-19(15(14)2)23-20(25)10-7-16-5-8-17(9-6-16)24-11-3-4-21(24)26/h5-10,12-13H,3-4,11H2,1-2H3,(H,23,25)(H2,22,27,28)/b10-7+. The maximum Gasteiger partial charge on any atom is 0.248 e. The Labute approximate surface area is 170 Å². The Bertz CT molecular complexity index is 1090. The fourth-order valence-corrected chi connectivity index (χ4v) is 3.78. The normalized spacial score (nSPS) is 14.6. The third kappa shape index (κ3) is 4.90. The summed E-state index contributed by atoms with van der Waals surface area (Å²) in [5.41, 5.74) is 3.52. The zero-order chi connectivity index (χ0) is 21.2. The molecule has 0 spiro atoms.